The zero-order valence-electron chi connectivity index (χ0n) is 40.8. The number of rotatable bonds is 19. The van der Waals surface area contributed by atoms with Crippen LogP contribution in [0.15, 0.2) is 88.3 Å². The van der Waals surface area contributed by atoms with Crippen molar-refractivity contribution in [1.29, 1.82) is 0 Å². The number of imide groups is 1. The highest BCUT2D eigenvalue weighted by Crippen LogP contribution is 2.32. The molecule has 1 saturated heterocycles. The summed E-state index contributed by atoms with van der Waals surface area (Å²) in [4.78, 5) is 94.2. The van der Waals surface area contributed by atoms with E-state index in [0.717, 1.165) is 22.5 Å². The van der Waals surface area contributed by atoms with E-state index in [9.17, 15) is 47.4 Å². The molecule has 5 N–H and O–H groups in total. The molecule has 73 heavy (non-hydrogen) atoms. The Balaban J connectivity index is 1.21. The third-order valence-corrected chi connectivity index (χ3v) is 11.6. The van der Waals surface area contributed by atoms with Gasteiger partial charge in [0.05, 0.1) is 32.0 Å². The lowest BCUT2D eigenvalue weighted by atomic mass is 10.1. The zero-order valence-corrected chi connectivity index (χ0v) is 42.5. The molecule has 5 aromatic rings. The predicted octanol–water partition coefficient (Wildman–Crippen LogP) is 3.09. The molecule has 0 radical (unpaired) electrons. The summed E-state index contributed by atoms with van der Waals surface area (Å²) < 4.78 is 52.5. The minimum Gasteiger partial charge on any atom is -0.485 e. The molecule has 0 bridgehead atoms. The van der Waals surface area contributed by atoms with Crippen molar-refractivity contribution >= 4 is 62.3 Å². The van der Waals surface area contributed by atoms with Crippen LogP contribution in [0.3, 0.4) is 0 Å². The van der Waals surface area contributed by atoms with E-state index in [1.165, 1.54) is 31.5 Å². The van der Waals surface area contributed by atoms with Crippen LogP contribution in [0.5, 0.6) is 11.5 Å². The van der Waals surface area contributed by atoms with Crippen LogP contribution in [-0.2, 0) is 58.7 Å². The topological polar surface area (TPSA) is 323 Å². The average molecular weight is 1050 g/mol. The Morgan fingerprint density at radius 3 is 2.07 bits per heavy atom. The van der Waals surface area contributed by atoms with Crippen LogP contribution in [0.4, 0.5) is 14.7 Å². The van der Waals surface area contributed by atoms with E-state index in [2.05, 4.69) is 30.9 Å². The van der Waals surface area contributed by atoms with Gasteiger partial charge in [-0.25, -0.2) is 33.9 Å². The molecule has 2 aromatic carbocycles. The number of oxime groups is 1. The van der Waals surface area contributed by atoms with Gasteiger partial charge in [-0.2, -0.15) is 8.42 Å². The van der Waals surface area contributed by atoms with Crippen molar-refractivity contribution < 1.29 is 66.4 Å². The van der Waals surface area contributed by atoms with Crippen molar-refractivity contribution in [3.05, 3.63) is 106 Å². The van der Waals surface area contributed by atoms with Gasteiger partial charge >= 0.3 is 34.0 Å². The first-order chi connectivity index (χ1) is 34.2. The van der Waals surface area contributed by atoms with Gasteiger partial charge in [0.15, 0.2) is 28.2 Å². The fourth-order valence-corrected chi connectivity index (χ4v) is 7.77. The number of aliphatic hydroxyl groups excluding tert-OH is 2. The molecule has 25 nitrogen and oxygen atoms in total. The third kappa shape index (κ3) is 14.5. The van der Waals surface area contributed by atoms with Gasteiger partial charge in [0.1, 0.15) is 41.8 Å². The van der Waals surface area contributed by atoms with Crippen LogP contribution in [0.1, 0.15) is 72.2 Å². The maximum Gasteiger partial charge on any atom is 0.413 e. The number of nitrogens with zero attached hydrogens (tertiary/aromatic N) is 7. The van der Waals surface area contributed by atoms with Crippen molar-refractivity contribution in [2.45, 2.75) is 104 Å². The quantitative estimate of drug-likeness (QED) is 0.0343. The van der Waals surface area contributed by atoms with Gasteiger partial charge in [0.2, 0.25) is 5.60 Å². The van der Waals surface area contributed by atoms with Crippen LogP contribution in [-0.4, -0.2) is 125 Å². The highest BCUT2D eigenvalue weighted by molar-refractivity contribution is 7.88. The molecule has 27 heteroatoms. The number of carbonyl (C=O) groups excluding carboxylic acids is 5. The van der Waals surface area contributed by atoms with Crippen molar-refractivity contribution in [2.75, 3.05) is 18.5 Å². The van der Waals surface area contributed by atoms with Crippen LogP contribution in [0, 0.1) is 0 Å². The minimum absolute atomic E-state index is 0.0310. The number of nitrogens with one attached hydrogen (secondary N) is 3. The SMILES string of the molecule is CC(C)(C)OC(=O)Nc1nc(/C(=N/OC(C)(C)C(=O)OC(C)(C)C)C(=O)N[C@H]2CN(C(=O)NS(=O)(=O)n3nc(-c4cc(OCc5ccccc5)c(OCc5ccccc5)cn4)n(CC(O)CO)c3=O)C2=O)cs1. The second kappa shape index (κ2) is 22.3. The van der Waals surface area contributed by atoms with Gasteiger partial charge in [-0.05, 0) is 66.5 Å². The first kappa shape index (κ1) is 54.6. The number of aliphatic hydroxyl groups is 2. The fourth-order valence-electron chi connectivity index (χ4n) is 6.18. The monoisotopic (exact) mass is 1050 g/mol. The lowest BCUT2D eigenvalue weighted by Gasteiger charge is -2.36. The Morgan fingerprint density at radius 1 is 0.890 bits per heavy atom. The van der Waals surface area contributed by atoms with Crippen LogP contribution >= 0.6 is 11.3 Å². The molecule has 0 aliphatic carbocycles. The van der Waals surface area contributed by atoms with Crippen LogP contribution in [0.2, 0.25) is 0 Å². The number of urea groups is 1. The number of pyridine rings is 1. The number of β-lactam (4-membered cyclic amide) rings is 1. The van der Waals surface area contributed by atoms with Gasteiger partial charge in [-0.1, -0.05) is 69.9 Å². The molecule has 6 rings (SSSR count). The minimum atomic E-state index is -5.29. The van der Waals surface area contributed by atoms with E-state index in [1.54, 1.807) is 46.3 Å². The Morgan fingerprint density at radius 2 is 1.49 bits per heavy atom. The number of thiazole rings is 1. The molecular formula is C46H54N10O15S2. The first-order valence-corrected chi connectivity index (χ1v) is 24.5. The fraction of sp³-hybridized carbons (Fsp3) is 0.391. The molecule has 1 fully saturated rings. The summed E-state index contributed by atoms with van der Waals surface area (Å²) in [5.74, 6) is -3.22. The number of esters is 1. The average Bonchev–Trinajstić information content (AvgIpc) is 3.91. The summed E-state index contributed by atoms with van der Waals surface area (Å²) in [6.07, 6.45) is -1.19. The van der Waals surface area contributed by atoms with Gasteiger partial charge < -0.3 is 39.3 Å². The van der Waals surface area contributed by atoms with E-state index >= 15 is 0 Å². The Labute approximate surface area is 422 Å². The van der Waals surface area contributed by atoms with E-state index in [4.69, 9.17) is 23.8 Å². The van der Waals surface area contributed by atoms with Gasteiger partial charge in [-0.3, -0.25) is 24.4 Å². The van der Waals surface area contributed by atoms with E-state index in [1.807, 2.05) is 60.7 Å². The maximum atomic E-state index is 13.8. The molecule has 5 amide bonds. The van der Waals surface area contributed by atoms with Crippen molar-refractivity contribution in [2.24, 2.45) is 5.16 Å². The molecule has 390 valence electrons. The first-order valence-electron chi connectivity index (χ1n) is 22.2. The van der Waals surface area contributed by atoms with Crippen LogP contribution < -0.4 is 30.5 Å². The number of hydrogen-bond acceptors (Lipinski definition) is 20. The predicted molar refractivity (Wildman–Crippen MR) is 260 cm³/mol. The molecule has 2 atom stereocenters. The number of aromatic nitrogens is 5. The third-order valence-electron chi connectivity index (χ3n) is 9.72. The molecule has 1 unspecified atom stereocenters. The Hall–Kier alpha value is -7.75. The van der Waals surface area contributed by atoms with Crippen molar-refractivity contribution in [3.63, 3.8) is 0 Å². The number of benzene rings is 2. The number of amides is 5. The maximum absolute atomic E-state index is 13.8. The number of hydrogen-bond donors (Lipinski definition) is 5. The standard InChI is InChI=1S/C46H54N10O15S2/c1-44(2,3)69-39(61)46(7,8)71-52-35(32-26-72-40(49-32)50-42(63)70-45(4,5)6)37(59)48-31-22-55(38(31)60)41(62)53-73(65,66)56-43(64)54(21-29(58)23-57)36(51-56)30-19-33(67-24-27-15-11-9-12-16-27)34(20-47-30)68-25-28-17-13-10-14-18-28/h9-20,26,29,31,57-58H,21-25H2,1-8H3,(H,48,59)(H,53,62)(H,49,50,63)/b52-35-/t29?,31-/m0/s1. The summed E-state index contributed by atoms with van der Waals surface area (Å²) in [6, 6.07) is 16.6. The normalized spacial score (nSPS) is 14.6. The Bertz CT molecular complexity index is 3040. The van der Waals surface area contributed by atoms with Crippen molar-refractivity contribution in [1.82, 2.24) is 38.7 Å². The Kier molecular flexibility index (Phi) is 16.7. The van der Waals surface area contributed by atoms with E-state index in [-0.39, 0.29) is 45.3 Å². The van der Waals surface area contributed by atoms with Gasteiger partial charge in [0, 0.05) is 11.4 Å². The molecule has 0 spiro atoms. The highest BCUT2D eigenvalue weighted by atomic mass is 32.2. The summed E-state index contributed by atoms with van der Waals surface area (Å²) in [5.41, 5.74) is -4.26. The molecule has 1 aliphatic heterocycles. The lowest BCUT2D eigenvalue weighted by Crippen LogP contribution is -2.68. The number of carbonyl (C=O) groups is 5. The van der Waals surface area contributed by atoms with E-state index < -0.39 is 106 Å². The number of anilines is 1. The molecule has 4 heterocycles. The lowest BCUT2D eigenvalue weighted by molar-refractivity contribution is -0.179. The highest BCUT2D eigenvalue weighted by Gasteiger charge is 2.44. The second-order valence-corrected chi connectivity index (χ2v) is 20.9. The van der Waals surface area contributed by atoms with E-state index in [0.29, 0.717) is 9.47 Å². The second-order valence-electron chi connectivity index (χ2n) is 18.6. The summed E-state index contributed by atoms with van der Waals surface area (Å²) >= 11 is 0.868. The summed E-state index contributed by atoms with van der Waals surface area (Å²) in [7, 11) is -5.29. The zero-order chi connectivity index (χ0) is 53.5. The van der Waals surface area contributed by atoms with Crippen LogP contribution in [0.25, 0.3) is 11.5 Å². The van der Waals surface area contributed by atoms with Crippen molar-refractivity contribution in [3.8, 4) is 23.0 Å². The smallest absolute Gasteiger partial charge is 0.413 e. The molecule has 1 aliphatic rings. The number of likely N-dealkylation sites (tertiary alicyclic amines) is 1. The largest absolute Gasteiger partial charge is 0.485 e. The number of ether oxygens (including phenoxy) is 4. The van der Waals surface area contributed by atoms with Gasteiger partial charge in [0.25, 0.3) is 11.8 Å². The molecule has 0 saturated carbocycles. The molecular weight excluding hydrogens is 997 g/mol. The summed E-state index contributed by atoms with van der Waals surface area (Å²) in [6.45, 7) is 10.5. The molecule has 3 aromatic heterocycles. The van der Waals surface area contributed by atoms with Gasteiger partial charge in [-0.15, -0.1) is 16.4 Å². The summed E-state index contributed by atoms with van der Waals surface area (Å²) in [5, 5.41) is 34.0.